The minimum Gasteiger partial charge on any atom is -0.381 e. The molecule has 1 atom stereocenters. The summed E-state index contributed by atoms with van der Waals surface area (Å²) < 4.78 is 5.44. The Balaban J connectivity index is 1.75. The molecule has 1 amide bonds. The topological polar surface area (TPSA) is 58.8 Å². The van der Waals surface area contributed by atoms with Gasteiger partial charge in [0.2, 0.25) is 5.91 Å². The normalized spacial score (nSPS) is 25.4. The Labute approximate surface area is 122 Å². The van der Waals surface area contributed by atoms with Crippen LogP contribution in [-0.2, 0) is 9.53 Å². The van der Waals surface area contributed by atoms with Crippen LogP contribution in [0.1, 0.15) is 32.1 Å². The molecule has 0 aliphatic carbocycles. The summed E-state index contributed by atoms with van der Waals surface area (Å²) in [6.45, 7) is 7.22. The van der Waals surface area contributed by atoms with Crippen molar-refractivity contribution in [2.24, 2.45) is 11.7 Å². The lowest BCUT2D eigenvalue weighted by atomic mass is 10.0. The summed E-state index contributed by atoms with van der Waals surface area (Å²) in [6, 6.07) is 0. The van der Waals surface area contributed by atoms with Gasteiger partial charge in [-0.25, -0.2) is 0 Å². The van der Waals surface area contributed by atoms with Gasteiger partial charge in [0, 0.05) is 26.2 Å². The first-order valence-electron chi connectivity index (χ1n) is 8.10. The summed E-state index contributed by atoms with van der Waals surface area (Å²) in [7, 11) is 0. The highest BCUT2D eigenvalue weighted by atomic mass is 16.5. The molecule has 2 aliphatic heterocycles. The fourth-order valence-corrected chi connectivity index (χ4v) is 3.09. The quantitative estimate of drug-likeness (QED) is 0.754. The van der Waals surface area contributed by atoms with Crippen molar-refractivity contribution in [2.75, 3.05) is 52.5 Å². The van der Waals surface area contributed by atoms with Gasteiger partial charge in [-0.3, -0.25) is 4.79 Å². The standard InChI is InChI=1S/C15H29N3O2/c16-6-1-2-7-17-8-4-9-18(11-10-17)15(19)14-5-3-12-20-13-14/h14H,1-13,16H2. The third-order valence-electron chi connectivity index (χ3n) is 4.34. The third-order valence-corrected chi connectivity index (χ3v) is 4.34. The van der Waals surface area contributed by atoms with Crippen molar-refractivity contribution in [1.29, 1.82) is 0 Å². The average Bonchev–Trinajstić information content (AvgIpc) is 2.73. The number of nitrogens with two attached hydrogens (primary N) is 1. The van der Waals surface area contributed by atoms with Crippen molar-refractivity contribution in [1.82, 2.24) is 9.80 Å². The molecule has 0 spiro atoms. The second kappa shape index (κ2) is 8.60. The predicted molar refractivity (Wildman–Crippen MR) is 79.5 cm³/mol. The molecular formula is C15H29N3O2. The summed E-state index contributed by atoms with van der Waals surface area (Å²) in [5.41, 5.74) is 5.54. The first kappa shape index (κ1) is 15.7. The fraction of sp³-hybridized carbons (Fsp3) is 0.933. The van der Waals surface area contributed by atoms with E-state index in [2.05, 4.69) is 9.80 Å². The first-order chi connectivity index (χ1) is 9.81. The molecule has 2 saturated heterocycles. The molecule has 2 heterocycles. The van der Waals surface area contributed by atoms with E-state index < -0.39 is 0 Å². The monoisotopic (exact) mass is 283 g/mol. The molecule has 2 aliphatic rings. The van der Waals surface area contributed by atoms with Crippen LogP contribution < -0.4 is 5.73 Å². The summed E-state index contributed by atoms with van der Waals surface area (Å²) in [4.78, 5) is 17.0. The van der Waals surface area contributed by atoms with Crippen LogP contribution in [0.25, 0.3) is 0 Å². The van der Waals surface area contributed by atoms with Crippen molar-refractivity contribution >= 4 is 5.91 Å². The smallest absolute Gasteiger partial charge is 0.228 e. The average molecular weight is 283 g/mol. The Morgan fingerprint density at radius 1 is 1.15 bits per heavy atom. The lowest BCUT2D eigenvalue weighted by Gasteiger charge is -2.28. The minimum absolute atomic E-state index is 0.104. The number of carbonyl (C=O) groups excluding carboxylic acids is 1. The van der Waals surface area contributed by atoms with Gasteiger partial charge in [-0.05, 0) is 51.7 Å². The molecule has 0 bridgehead atoms. The maximum atomic E-state index is 12.5. The van der Waals surface area contributed by atoms with Crippen LogP contribution in [0.2, 0.25) is 0 Å². The van der Waals surface area contributed by atoms with Gasteiger partial charge < -0.3 is 20.3 Å². The molecular weight excluding hydrogens is 254 g/mol. The van der Waals surface area contributed by atoms with Crippen molar-refractivity contribution < 1.29 is 9.53 Å². The van der Waals surface area contributed by atoms with Gasteiger partial charge in [0.1, 0.15) is 0 Å². The van der Waals surface area contributed by atoms with E-state index in [-0.39, 0.29) is 5.92 Å². The Morgan fingerprint density at radius 2 is 2.05 bits per heavy atom. The van der Waals surface area contributed by atoms with E-state index in [1.807, 2.05) is 0 Å². The fourth-order valence-electron chi connectivity index (χ4n) is 3.09. The zero-order valence-corrected chi connectivity index (χ0v) is 12.6. The number of hydrogen-bond acceptors (Lipinski definition) is 4. The summed E-state index contributed by atoms with van der Waals surface area (Å²) >= 11 is 0. The molecule has 0 aromatic carbocycles. The molecule has 116 valence electrons. The van der Waals surface area contributed by atoms with Gasteiger partial charge in [-0.15, -0.1) is 0 Å². The Morgan fingerprint density at radius 3 is 2.80 bits per heavy atom. The van der Waals surface area contributed by atoms with Crippen LogP contribution >= 0.6 is 0 Å². The predicted octanol–water partition coefficient (Wildman–Crippen LogP) is 0.686. The third kappa shape index (κ3) is 4.72. The van der Waals surface area contributed by atoms with Crippen molar-refractivity contribution in [3.63, 3.8) is 0 Å². The molecule has 0 saturated carbocycles. The Hall–Kier alpha value is -0.650. The van der Waals surface area contributed by atoms with Crippen molar-refractivity contribution in [2.45, 2.75) is 32.1 Å². The highest BCUT2D eigenvalue weighted by Crippen LogP contribution is 2.17. The zero-order valence-electron chi connectivity index (χ0n) is 12.6. The molecule has 20 heavy (non-hydrogen) atoms. The van der Waals surface area contributed by atoms with Crippen molar-refractivity contribution in [3.8, 4) is 0 Å². The number of amides is 1. The second-order valence-electron chi connectivity index (χ2n) is 5.93. The van der Waals surface area contributed by atoms with E-state index in [0.29, 0.717) is 12.5 Å². The highest BCUT2D eigenvalue weighted by Gasteiger charge is 2.27. The first-order valence-corrected chi connectivity index (χ1v) is 8.10. The maximum Gasteiger partial charge on any atom is 0.228 e. The van der Waals surface area contributed by atoms with Crippen LogP contribution in [0.15, 0.2) is 0 Å². The van der Waals surface area contributed by atoms with E-state index in [1.165, 1.54) is 6.42 Å². The van der Waals surface area contributed by atoms with Crippen LogP contribution in [0.4, 0.5) is 0 Å². The van der Waals surface area contributed by atoms with E-state index in [0.717, 1.165) is 71.6 Å². The van der Waals surface area contributed by atoms with E-state index in [4.69, 9.17) is 10.5 Å². The lowest BCUT2D eigenvalue weighted by Crippen LogP contribution is -2.41. The molecule has 2 N–H and O–H groups in total. The largest absolute Gasteiger partial charge is 0.381 e. The Kier molecular flexibility index (Phi) is 6.76. The van der Waals surface area contributed by atoms with Gasteiger partial charge >= 0.3 is 0 Å². The molecule has 2 rings (SSSR count). The van der Waals surface area contributed by atoms with Crippen LogP contribution in [0.3, 0.4) is 0 Å². The Bertz CT molecular complexity index is 293. The molecule has 0 radical (unpaired) electrons. The lowest BCUT2D eigenvalue weighted by molar-refractivity contribution is -0.139. The number of nitrogens with zero attached hydrogens (tertiary/aromatic N) is 2. The SMILES string of the molecule is NCCCCN1CCCN(C(=O)C2CCCOC2)CC1. The van der Waals surface area contributed by atoms with Gasteiger partial charge in [0.05, 0.1) is 12.5 Å². The summed E-state index contributed by atoms with van der Waals surface area (Å²) in [5, 5.41) is 0. The number of unbranched alkanes of at least 4 members (excludes halogenated alkanes) is 1. The number of hydrogen-bond donors (Lipinski definition) is 1. The molecule has 0 aromatic rings. The van der Waals surface area contributed by atoms with Crippen molar-refractivity contribution in [3.05, 3.63) is 0 Å². The maximum absolute atomic E-state index is 12.5. The summed E-state index contributed by atoms with van der Waals surface area (Å²) in [5.74, 6) is 0.418. The highest BCUT2D eigenvalue weighted by molar-refractivity contribution is 5.79. The number of rotatable bonds is 5. The molecule has 0 aromatic heterocycles. The van der Waals surface area contributed by atoms with Gasteiger partial charge in [0.15, 0.2) is 0 Å². The summed E-state index contributed by atoms with van der Waals surface area (Å²) in [6.07, 6.45) is 5.37. The number of ether oxygens (including phenoxy) is 1. The van der Waals surface area contributed by atoms with Gasteiger partial charge in [-0.2, -0.15) is 0 Å². The van der Waals surface area contributed by atoms with E-state index in [9.17, 15) is 4.79 Å². The molecule has 1 unspecified atom stereocenters. The van der Waals surface area contributed by atoms with Gasteiger partial charge in [-0.1, -0.05) is 0 Å². The second-order valence-corrected chi connectivity index (χ2v) is 5.93. The van der Waals surface area contributed by atoms with Crippen LogP contribution in [0.5, 0.6) is 0 Å². The number of carbonyl (C=O) groups is 1. The molecule has 2 fully saturated rings. The van der Waals surface area contributed by atoms with E-state index >= 15 is 0 Å². The zero-order chi connectivity index (χ0) is 14.2. The van der Waals surface area contributed by atoms with Crippen LogP contribution in [-0.4, -0.2) is 68.2 Å². The van der Waals surface area contributed by atoms with Crippen LogP contribution in [0, 0.1) is 5.92 Å². The minimum atomic E-state index is 0.104. The molecule has 5 nitrogen and oxygen atoms in total. The van der Waals surface area contributed by atoms with E-state index in [1.54, 1.807) is 0 Å². The molecule has 5 heteroatoms. The van der Waals surface area contributed by atoms with Gasteiger partial charge in [0.25, 0.3) is 0 Å².